The molecule has 0 saturated carbocycles. The molecule has 108 valence electrons. The Balaban J connectivity index is 2.03. The number of hydrogen-bond acceptors (Lipinski definition) is 3. The molecular weight excluding hydrogens is 286 g/mol. The highest BCUT2D eigenvalue weighted by Gasteiger charge is 2.12. The van der Waals surface area contributed by atoms with Crippen LogP contribution in [0.1, 0.15) is 11.1 Å². The Morgan fingerprint density at radius 2 is 1.67 bits per heavy atom. The first-order valence-electron chi connectivity index (χ1n) is 6.35. The Labute approximate surface area is 124 Å². The van der Waals surface area contributed by atoms with Crippen molar-refractivity contribution < 1.29 is 13.5 Å². The van der Waals surface area contributed by atoms with E-state index in [0.717, 1.165) is 11.1 Å². The standard InChI is InChI=1S/C16H15NO3S/c18-12-4-5-14-8-10-15(11-9-14)13-17-21(19,20)16-6-2-1-3-7-16/h1-3,6-11,17-18H,12-13H2. The summed E-state index contributed by atoms with van der Waals surface area (Å²) in [5.74, 6) is 5.34. The maximum Gasteiger partial charge on any atom is 0.240 e. The van der Waals surface area contributed by atoms with Crippen molar-refractivity contribution in [3.05, 3.63) is 65.7 Å². The fourth-order valence-corrected chi connectivity index (χ4v) is 2.75. The van der Waals surface area contributed by atoms with E-state index in [9.17, 15) is 8.42 Å². The molecule has 0 aliphatic heterocycles. The largest absolute Gasteiger partial charge is 0.384 e. The van der Waals surface area contributed by atoms with Crippen LogP contribution < -0.4 is 4.72 Å². The van der Waals surface area contributed by atoms with Crippen LogP contribution in [-0.4, -0.2) is 20.1 Å². The van der Waals surface area contributed by atoms with Gasteiger partial charge in [-0.15, -0.1) is 0 Å². The van der Waals surface area contributed by atoms with Gasteiger partial charge >= 0.3 is 0 Å². The smallest absolute Gasteiger partial charge is 0.240 e. The fraction of sp³-hybridized carbons (Fsp3) is 0.125. The minimum Gasteiger partial charge on any atom is -0.384 e. The summed E-state index contributed by atoms with van der Waals surface area (Å²) in [7, 11) is -3.49. The molecule has 0 aliphatic carbocycles. The van der Waals surface area contributed by atoms with E-state index in [0.29, 0.717) is 0 Å². The second-order valence-corrected chi connectivity index (χ2v) is 6.06. The van der Waals surface area contributed by atoms with Gasteiger partial charge in [0.25, 0.3) is 0 Å². The molecule has 0 radical (unpaired) electrons. The van der Waals surface area contributed by atoms with Gasteiger partial charge in [0, 0.05) is 12.1 Å². The van der Waals surface area contributed by atoms with Gasteiger partial charge in [-0.1, -0.05) is 42.2 Å². The first-order chi connectivity index (χ1) is 10.1. The molecule has 21 heavy (non-hydrogen) atoms. The zero-order valence-corrected chi connectivity index (χ0v) is 12.1. The number of benzene rings is 2. The third-order valence-electron chi connectivity index (χ3n) is 2.79. The van der Waals surface area contributed by atoms with Crippen molar-refractivity contribution >= 4 is 10.0 Å². The Kier molecular flexibility index (Phi) is 5.12. The van der Waals surface area contributed by atoms with Gasteiger partial charge in [0.05, 0.1) is 4.90 Å². The van der Waals surface area contributed by atoms with Crippen LogP contribution in [0.25, 0.3) is 0 Å². The monoisotopic (exact) mass is 301 g/mol. The van der Waals surface area contributed by atoms with E-state index in [4.69, 9.17) is 5.11 Å². The fourth-order valence-electron chi connectivity index (χ4n) is 1.71. The van der Waals surface area contributed by atoms with Gasteiger partial charge in [-0.2, -0.15) is 0 Å². The summed E-state index contributed by atoms with van der Waals surface area (Å²) in [4.78, 5) is 0.246. The minimum absolute atomic E-state index is 0.182. The van der Waals surface area contributed by atoms with Crippen molar-refractivity contribution in [3.63, 3.8) is 0 Å². The molecule has 2 N–H and O–H groups in total. The highest BCUT2D eigenvalue weighted by atomic mass is 32.2. The maximum absolute atomic E-state index is 12.1. The molecule has 2 rings (SSSR count). The van der Waals surface area contributed by atoms with Crippen LogP contribution in [0.15, 0.2) is 59.5 Å². The predicted molar refractivity (Wildman–Crippen MR) is 80.9 cm³/mol. The summed E-state index contributed by atoms with van der Waals surface area (Å²) in [5.41, 5.74) is 1.61. The van der Waals surface area contributed by atoms with E-state index in [1.165, 1.54) is 0 Å². The summed E-state index contributed by atoms with van der Waals surface area (Å²) in [5, 5.41) is 8.61. The molecule has 0 unspecified atom stereocenters. The number of rotatable bonds is 4. The quantitative estimate of drug-likeness (QED) is 0.841. The molecule has 4 nitrogen and oxygen atoms in total. The van der Waals surface area contributed by atoms with Crippen molar-refractivity contribution in [1.29, 1.82) is 0 Å². The Bertz CT molecular complexity index is 742. The summed E-state index contributed by atoms with van der Waals surface area (Å²) in [6.07, 6.45) is 0. The summed E-state index contributed by atoms with van der Waals surface area (Å²) < 4.78 is 26.7. The SMILES string of the molecule is O=S(=O)(NCc1ccc(C#CCO)cc1)c1ccccc1. The second-order valence-electron chi connectivity index (χ2n) is 4.29. The van der Waals surface area contributed by atoms with E-state index in [1.54, 1.807) is 54.6 Å². The molecule has 0 aliphatic rings. The van der Waals surface area contributed by atoms with Crippen LogP contribution in [0.5, 0.6) is 0 Å². The molecule has 0 atom stereocenters. The Morgan fingerprint density at radius 3 is 2.29 bits per heavy atom. The van der Waals surface area contributed by atoms with Crippen molar-refractivity contribution in [2.75, 3.05) is 6.61 Å². The topological polar surface area (TPSA) is 66.4 Å². The molecule has 5 heteroatoms. The molecule has 0 fully saturated rings. The summed E-state index contributed by atoms with van der Waals surface area (Å²) >= 11 is 0. The Morgan fingerprint density at radius 1 is 1.00 bits per heavy atom. The molecular formula is C16H15NO3S. The van der Waals surface area contributed by atoms with Gasteiger partial charge in [-0.05, 0) is 29.8 Å². The Hall–Kier alpha value is -2.13. The number of nitrogens with one attached hydrogen (secondary N) is 1. The third-order valence-corrected chi connectivity index (χ3v) is 4.20. The van der Waals surface area contributed by atoms with E-state index in [-0.39, 0.29) is 18.0 Å². The van der Waals surface area contributed by atoms with Crippen LogP contribution in [0.3, 0.4) is 0 Å². The molecule has 0 spiro atoms. The van der Waals surface area contributed by atoms with Gasteiger partial charge in [0.15, 0.2) is 0 Å². The average Bonchev–Trinajstić information content (AvgIpc) is 2.53. The maximum atomic E-state index is 12.1. The van der Waals surface area contributed by atoms with Gasteiger partial charge in [-0.3, -0.25) is 0 Å². The zero-order valence-electron chi connectivity index (χ0n) is 11.3. The highest BCUT2D eigenvalue weighted by Crippen LogP contribution is 2.09. The van der Waals surface area contributed by atoms with Gasteiger partial charge in [0.1, 0.15) is 6.61 Å². The molecule has 2 aromatic rings. The number of hydrogen-bond donors (Lipinski definition) is 2. The van der Waals surface area contributed by atoms with Crippen molar-refractivity contribution in [2.24, 2.45) is 0 Å². The van der Waals surface area contributed by atoms with E-state index < -0.39 is 10.0 Å². The number of aliphatic hydroxyl groups is 1. The lowest BCUT2D eigenvalue weighted by Crippen LogP contribution is -2.23. The van der Waals surface area contributed by atoms with Crippen LogP contribution >= 0.6 is 0 Å². The third kappa shape index (κ3) is 4.43. The van der Waals surface area contributed by atoms with Gasteiger partial charge in [-0.25, -0.2) is 13.1 Å². The lowest BCUT2D eigenvalue weighted by Gasteiger charge is -2.06. The molecule has 0 amide bonds. The lowest BCUT2D eigenvalue weighted by atomic mass is 10.1. The molecule has 0 saturated heterocycles. The second kappa shape index (κ2) is 7.04. The van der Waals surface area contributed by atoms with Crippen molar-refractivity contribution in [1.82, 2.24) is 4.72 Å². The summed E-state index contributed by atoms with van der Waals surface area (Å²) in [6.45, 7) is 0.0313. The molecule has 2 aromatic carbocycles. The minimum atomic E-state index is -3.49. The van der Waals surface area contributed by atoms with Crippen LogP contribution in [0, 0.1) is 11.8 Å². The predicted octanol–water partition coefficient (Wildman–Crippen LogP) is 1.51. The van der Waals surface area contributed by atoms with E-state index in [2.05, 4.69) is 16.6 Å². The number of sulfonamides is 1. The molecule has 0 aromatic heterocycles. The first kappa shape index (κ1) is 15.3. The lowest BCUT2D eigenvalue weighted by molar-refractivity contribution is 0.350. The van der Waals surface area contributed by atoms with Crippen LogP contribution in [-0.2, 0) is 16.6 Å². The molecule has 0 heterocycles. The first-order valence-corrected chi connectivity index (χ1v) is 7.83. The summed E-state index contributed by atoms with van der Waals surface area (Å²) in [6, 6.07) is 15.4. The van der Waals surface area contributed by atoms with Crippen molar-refractivity contribution in [2.45, 2.75) is 11.4 Å². The van der Waals surface area contributed by atoms with Crippen LogP contribution in [0.4, 0.5) is 0 Å². The number of aliphatic hydroxyl groups excluding tert-OH is 1. The van der Waals surface area contributed by atoms with Gasteiger partial charge in [0.2, 0.25) is 10.0 Å². The van der Waals surface area contributed by atoms with Crippen LogP contribution in [0.2, 0.25) is 0 Å². The average molecular weight is 301 g/mol. The van der Waals surface area contributed by atoms with E-state index in [1.807, 2.05) is 0 Å². The normalized spacial score (nSPS) is 10.7. The highest BCUT2D eigenvalue weighted by molar-refractivity contribution is 7.89. The van der Waals surface area contributed by atoms with Crippen molar-refractivity contribution in [3.8, 4) is 11.8 Å². The van der Waals surface area contributed by atoms with E-state index >= 15 is 0 Å². The van der Waals surface area contributed by atoms with Gasteiger partial charge < -0.3 is 5.11 Å². The zero-order chi connectivity index (χ0) is 15.1. The molecule has 0 bridgehead atoms.